The number of para-hydroxylation sites is 1. The highest BCUT2D eigenvalue weighted by molar-refractivity contribution is 5.95. The van der Waals surface area contributed by atoms with Gasteiger partial charge in [-0.1, -0.05) is 30.3 Å². The quantitative estimate of drug-likeness (QED) is 0.173. The number of phenols is 1. The number of nitrogens with zero attached hydrogens (tertiary/aromatic N) is 1. The van der Waals surface area contributed by atoms with Crippen LogP contribution in [0.3, 0.4) is 0 Å². The number of hydrogen-bond donors (Lipinski definition) is 7. The Hall–Kier alpha value is -4.42. The molecule has 0 aliphatic carbocycles. The number of amides is 3. The number of carboxylic acid groups (broad SMARTS) is 1. The van der Waals surface area contributed by atoms with Gasteiger partial charge in [0, 0.05) is 30.1 Å². The zero-order valence-electron chi connectivity index (χ0n) is 22.6. The molecule has 2 heterocycles. The molecule has 5 unspecified atom stereocenters. The highest BCUT2D eigenvalue weighted by atomic mass is 16.4. The van der Waals surface area contributed by atoms with E-state index in [0.29, 0.717) is 18.4 Å². The molecule has 2 aromatic carbocycles. The van der Waals surface area contributed by atoms with Crippen LogP contribution in [-0.4, -0.2) is 85.7 Å². The van der Waals surface area contributed by atoms with Gasteiger partial charge in [-0.05, 0) is 55.5 Å². The fraction of sp³-hybridized carbons (Fsp3) is 0.379. The smallest absolute Gasteiger partial charge is 0.326 e. The third-order valence-electron chi connectivity index (χ3n) is 7.33. The number of carboxylic acids is 1. The minimum absolute atomic E-state index is 0.00571. The first-order valence-electron chi connectivity index (χ1n) is 13.5. The van der Waals surface area contributed by atoms with Crippen molar-refractivity contribution in [3.8, 4) is 5.75 Å². The number of hydrogen-bond acceptors (Lipinski definition) is 7. The van der Waals surface area contributed by atoms with Gasteiger partial charge in [-0.15, -0.1) is 0 Å². The number of nitrogens with two attached hydrogens (primary N) is 1. The molecule has 4 rings (SSSR count). The molecular weight excluding hydrogens is 530 g/mol. The molecule has 218 valence electrons. The van der Waals surface area contributed by atoms with Crippen LogP contribution in [0.1, 0.15) is 30.9 Å². The lowest BCUT2D eigenvalue weighted by Crippen LogP contribution is -2.60. The largest absolute Gasteiger partial charge is 0.508 e. The van der Waals surface area contributed by atoms with E-state index in [1.54, 1.807) is 18.3 Å². The van der Waals surface area contributed by atoms with Crippen LogP contribution >= 0.6 is 0 Å². The molecule has 0 bridgehead atoms. The number of aromatic amines is 1. The van der Waals surface area contributed by atoms with Crippen molar-refractivity contribution < 1.29 is 34.5 Å². The van der Waals surface area contributed by atoms with E-state index in [1.807, 2.05) is 24.3 Å². The molecule has 1 aliphatic heterocycles. The first-order chi connectivity index (χ1) is 19.5. The molecular formula is C29H35N5O7. The number of aromatic hydroxyl groups is 1. The zero-order valence-corrected chi connectivity index (χ0v) is 22.6. The Morgan fingerprint density at radius 1 is 1.05 bits per heavy atom. The summed E-state index contributed by atoms with van der Waals surface area (Å²) in [5, 5.41) is 35.6. The number of carbonyl (C=O) groups is 4. The maximum atomic E-state index is 13.5. The van der Waals surface area contributed by atoms with Crippen LogP contribution in [-0.2, 0) is 32.0 Å². The number of fused-ring (bicyclic) bond motifs is 1. The molecule has 12 nitrogen and oxygen atoms in total. The molecule has 3 amide bonds. The number of aliphatic carboxylic acids is 1. The molecule has 1 saturated heterocycles. The molecule has 12 heteroatoms. The Morgan fingerprint density at radius 2 is 1.76 bits per heavy atom. The third-order valence-corrected chi connectivity index (χ3v) is 7.33. The van der Waals surface area contributed by atoms with Gasteiger partial charge in [-0.25, -0.2) is 4.79 Å². The van der Waals surface area contributed by atoms with E-state index in [9.17, 15) is 34.5 Å². The van der Waals surface area contributed by atoms with Crippen LogP contribution < -0.4 is 16.4 Å². The number of phenolic OH excluding ortho intramolecular Hbond substituents is 1. The number of aliphatic hydroxyl groups excluding tert-OH is 1. The Morgan fingerprint density at radius 3 is 2.44 bits per heavy atom. The minimum atomic E-state index is -1.43. The average molecular weight is 566 g/mol. The van der Waals surface area contributed by atoms with E-state index in [2.05, 4.69) is 15.6 Å². The fourth-order valence-corrected chi connectivity index (χ4v) is 5.11. The molecule has 1 aromatic heterocycles. The highest BCUT2D eigenvalue weighted by Crippen LogP contribution is 2.21. The minimum Gasteiger partial charge on any atom is -0.508 e. The van der Waals surface area contributed by atoms with Crippen LogP contribution in [0.4, 0.5) is 0 Å². The van der Waals surface area contributed by atoms with Gasteiger partial charge in [0.25, 0.3) is 0 Å². The summed E-state index contributed by atoms with van der Waals surface area (Å²) in [5.41, 5.74) is 8.48. The number of rotatable bonds is 11. The first kappa shape index (κ1) is 29.6. The number of likely N-dealkylation sites (tertiary alicyclic amines) is 1. The van der Waals surface area contributed by atoms with Crippen molar-refractivity contribution in [2.24, 2.45) is 5.73 Å². The molecule has 41 heavy (non-hydrogen) atoms. The van der Waals surface area contributed by atoms with Gasteiger partial charge in [0.2, 0.25) is 17.7 Å². The summed E-state index contributed by atoms with van der Waals surface area (Å²) < 4.78 is 0. The van der Waals surface area contributed by atoms with Gasteiger partial charge in [0.15, 0.2) is 0 Å². The second-order valence-electron chi connectivity index (χ2n) is 10.4. The van der Waals surface area contributed by atoms with E-state index in [1.165, 1.54) is 24.0 Å². The third kappa shape index (κ3) is 7.02. The predicted octanol–water partition coefficient (Wildman–Crippen LogP) is 0.412. The second-order valence-corrected chi connectivity index (χ2v) is 10.4. The molecule has 5 atom stereocenters. The number of H-pyrrole nitrogens is 1. The number of benzene rings is 2. The van der Waals surface area contributed by atoms with Crippen molar-refractivity contribution >= 4 is 34.6 Å². The highest BCUT2D eigenvalue weighted by Gasteiger charge is 2.39. The van der Waals surface area contributed by atoms with E-state index in [0.717, 1.165) is 16.5 Å². The molecule has 0 spiro atoms. The summed E-state index contributed by atoms with van der Waals surface area (Å²) in [6, 6.07) is 8.91. The van der Waals surface area contributed by atoms with Gasteiger partial charge in [-0.2, -0.15) is 0 Å². The molecule has 8 N–H and O–H groups in total. The van der Waals surface area contributed by atoms with Crippen molar-refractivity contribution in [2.45, 2.75) is 62.9 Å². The Balaban J connectivity index is 1.48. The number of nitrogens with one attached hydrogen (secondary N) is 3. The van der Waals surface area contributed by atoms with Crippen LogP contribution in [0, 0.1) is 0 Å². The van der Waals surface area contributed by atoms with Gasteiger partial charge in [0.05, 0.1) is 12.1 Å². The van der Waals surface area contributed by atoms with Gasteiger partial charge in [0.1, 0.15) is 23.9 Å². The van der Waals surface area contributed by atoms with Gasteiger partial charge >= 0.3 is 5.97 Å². The number of aliphatic hydroxyl groups is 1. The second kappa shape index (κ2) is 12.8. The molecule has 0 radical (unpaired) electrons. The summed E-state index contributed by atoms with van der Waals surface area (Å²) in [7, 11) is 0. The maximum absolute atomic E-state index is 13.5. The lowest BCUT2D eigenvalue weighted by molar-refractivity contribution is -0.149. The summed E-state index contributed by atoms with van der Waals surface area (Å²) in [6.07, 6.45) is 1.40. The molecule has 1 fully saturated rings. The number of aromatic nitrogens is 1. The standard InChI is InChI=1S/C29H35N5O7/c1-16(35)25(33-26(37)21(30)14-18-15-31-22-6-3-2-5-20(18)22)27(38)32-23(13-17-8-10-19(36)11-9-17)28(39)34-12-4-7-24(34)29(40)41/h2-3,5-6,8-11,15-16,21,23-25,31,35-36H,4,7,12-14,30H2,1H3,(H,32,38)(H,33,37)(H,40,41). The lowest BCUT2D eigenvalue weighted by atomic mass is 10.0. The summed E-state index contributed by atoms with van der Waals surface area (Å²) >= 11 is 0. The van der Waals surface area contributed by atoms with E-state index < -0.39 is 54.0 Å². The monoisotopic (exact) mass is 565 g/mol. The van der Waals surface area contributed by atoms with Crippen molar-refractivity contribution in [3.05, 3.63) is 65.9 Å². The van der Waals surface area contributed by atoms with Crippen molar-refractivity contribution in [2.75, 3.05) is 6.54 Å². The summed E-state index contributed by atoms with van der Waals surface area (Å²) in [6.45, 7) is 1.55. The zero-order chi connectivity index (χ0) is 29.7. The van der Waals surface area contributed by atoms with Crippen LogP contribution in [0.2, 0.25) is 0 Å². The molecule has 3 aromatic rings. The lowest BCUT2D eigenvalue weighted by Gasteiger charge is -2.29. The topological polar surface area (TPSA) is 198 Å². The maximum Gasteiger partial charge on any atom is 0.326 e. The summed E-state index contributed by atoms with van der Waals surface area (Å²) in [5.74, 6) is -3.20. The van der Waals surface area contributed by atoms with E-state index in [4.69, 9.17) is 5.73 Å². The Labute approximate surface area is 236 Å². The van der Waals surface area contributed by atoms with Crippen molar-refractivity contribution in [1.82, 2.24) is 20.5 Å². The van der Waals surface area contributed by atoms with E-state index >= 15 is 0 Å². The van der Waals surface area contributed by atoms with Crippen LogP contribution in [0.15, 0.2) is 54.7 Å². The average Bonchev–Trinajstić information content (AvgIpc) is 3.60. The SMILES string of the molecule is CC(O)C(NC(=O)C(N)Cc1c[nH]c2ccccc12)C(=O)NC(Cc1ccc(O)cc1)C(=O)N1CCCC1C(=O)O. The Kier molecular flexibility index (Phi) is 9.25. The van der Waals surface area contributed by atoms with Crippen LogP contribution in [0.25, 0.3) is 10.9 Å². The summed E-state index contributed by atoms with van der Waals surface area (Å²) in [4.78, 5) is 55.9. The fourth-order valence-electron chi connectivity index (χ4n) is 5.11. The van der Waals surface area contributed by atoms with Crippen molar-refractivity contribution in [3.63, 3.8) is 0 Å². The van der Waals surface area contributed by atoms with Crippen molar-refractivity contribution in [1.29, 1.82) is 0 Å². The predicted molar refractivity (Wildman–Crippen MR) is 150 cm³/mol. The van der Waals surface area contributed by atoms with E-state index in [-0.39, 0.29) is 25.1 Å². The first-order valence-corrected chi connectivity index (χ1v) is 13.5. The molecule has 0 saturated carbocycles. The Bertz CT molecular complexity index is 1400. The van der Waals surface area contributed by atoms with Crippen LogP contribution in [0.5, 0.6) is 5.75 Å². The molecule has 1 aliphatic rings. The number of carbonyl (C=O) groups excluding carboxylic acids is 3. The van der Waals surface area contributed by atoms with Gasteiger partial charge < -0.3 is 41.6 Å². The normalized spacial score (nSPS) is 17.9. The van der Waals surface area contributed by atoms with Gasteiger partial charge in [-0.3, -0.25) is 14.4 Å².